The van der Waals surface area contributed by atoms with Crippen LogP contribution in [0.2, 0.25) is 0 Å². The van der Waals surface area contributed by atoms with Crippen LogP contribution in [0.15, 0.2) is 28.7 Å². The third-order valence-electron chi connectivity index (χ3n) is 3.19. The summed E-state index contributed by atoms with van der Waals surface area (Å²) in [6.45, 7) is 8.39. The molecule has 0 aliphatic carbocycles. The van der Waals surface area contributed by atoms with Crippen molar-refractivity contribution in [3.8, 4) is 0 Å². The molecule has 0 unspecified atom stereocenters. The van der Waals surface area contributed by atoms with E-state index < -0.39 is 0 Å². The van der Waals surface area contributed by atoms with Crippen molar-refractivity contribution in [1.82, 2.24) is 4.90 Å². The van der Waals surface area contributed by atoms with E-state index in [4.69, 9.17) is 0 Å². The summed E-state index contributed by atoms with van der Waals surface area (Å²) in [6.07, 6.45) is 1.37. The summed E-state index contributed by atoms with van der Waals surface area (Å²) in [5, 5.41) is 0. The van der Waals surface area contributed by atoms with E-state index in [0.29, 0.717) is 0 Å². The minimum atomic E-state index is 0.265. The molecule has 1 aromatic rings. The summed E-state index contributed by atoms with van der Waals surface area (Å²) < 4.78 is 1.16. The summed E-state index contributed by atoms with van der Waals surface area (Å²) in [7, 11) is 0. The van der Waals surface area contributed by atoms with Crippen molar-refractivity contribution in [2.45, 2.75) is 25.7 Å². The summed E-state index contributed by atoms with van der Waals surface area (Å²) in [5.41, 5.74) is 1.69. The Morgan fingerprint density at radius 3 is 2.27 bits per heavy atom. The number of benzene rings is 1. The van der Waals surface area contributed by atoms with Gasteiger partial charge in [0.2, 0.25) is 0 Å². The van der Waals surface area contributed by atoms with Gasteiger partial charge in [0.25, 0.3) is 0 Å². The molecule has 15 heavy (non-hydrogen) atoms. The first-order chi connectivity index (χ1) is 7.08. The molecule has 1 heterocycles. The first-order valence-electron chi connectivity index (χ1n) is 5.56. The van der Waals surface area contributed by atoms with Crippen molar-refractivity contribution >= 4 is 15.9 Å². The Bertz CT molecular complexity index is 325. The molecule has 1 aliphatic rings. The van der Waals surface area contributed by atoms with E-state index >= 15 is 0 Å². The molecular weight excluding hydrogens is 250 g/mol. The average molecular weight is 268 g/mol. The maximum absolute atomic E-state index is 3.48. The van der Waals surface area contributed by atoms with Gasteiger partial charge in [0.05, 0.1) is 0 Å². The number of halogens is 1. The zero-order valence-corrected chi connectivity index (χ0v) is 11.0. The van der Waals surface area contributed by atoms with Crippen molar-refractivity contribution in [3.63, 3.8) is 0 Å². The topological polar surface area (TPSA) is 3.24 Å². The molecule has 0 aromatic heterocycles. The normalized spacial score (nSPS) is 17.5. The fourth-order valence-corrected chi connectivity index (χ4v) is 2.36. The van der Waals surface area contributed by atoms with E-state index in [0.717, 1.165) is 4.47 Å². The van der Waals surface area contributed by atoms with Crippen LogP contribution in [0.25, 0.3) is 0 Å². The lowest BCUT2D eigenvalue weighted by atomic mass is 9.83. The monoisotopic (exact) mass is 267 g/mol. The van der Waals surface area contributed by atoms with Gasteiger partial charge in [0.1, 0.15) is 0 Å². The Hall–Kier alpha value is -0.340. The largest absolute Gasteiger partial charge is 0.302 e. The van der Waals surface area contributed by atoms with Crippen LogP contribution in [-0.2, 0) is 5.41 Å². The van der Waals surface area contributed by atoms with Gasteiger partial charge in [-0.25, -0.2) is 0 Å². The van der Waals surface area contributed by atoms with Gasteiger partial charge in [-0.15, -0.1) is 0 Å². The number of likely N-dealkylation sites (tertiary alicyclic amines) is 1. The van der Waals surface area contributed by atoms with Gasteiger partial charge in [-0.05, 0) is 37.2 Å². The molecule has 0 N–H and O–H groups in total. The van der Waals surface area contributed by atoms with Gasteiger partial charge < -0.3 is 4.90 Å². The van der Waals surface area contributed by atoms with Gasteiger partial charge in [-0.3, -0.25) is 0 Å². The Kier molecular flexibility index (Phi) is 3.17. The molecule has 1 nitrogen and oxygen atoms in total. The van der Waals surface area contributed by atoms with Gasteiger partial charge in [0.15, 0.2) is 0 Å². The molecule has 0 saturated carbocycles. The highest BCUT2D eigenvalue weighted by Gasteiger charge is 2.26. The zero-order valence-electron chi connectivity index (χ0n) is 9.46. The fraction of sp³-hybridized carbons (Fsp3) is 0.538. The smallest absolute Gasteiger partial charge is 0.0175 e. The van der Waals surface area contributed by atoms with Crippen LogP contribution in [0.1, 0.15) is 25.8 Å². The zero-order chi connectivity index (χ0) is 10.9. The minimum absolute atomic E-state index is 0.265. The summed E-state index contributed by atoms with van der Waals surface area (Å²) in [4.78, 5) is 2.53. The van der Waals surface area contributed by atoms with Crippen LogP contribution in [0.4, 0.5) is 0 Å². The van der Waals surface area contributed by atoms with E-state index in [1.807, 2.05) is 0 Å². The molecule has 2 rings (SSSR count). The van der Waals surface area contributed by atoms with Gasteiger partial charge in [-0.2, -0.15) is 0 Å². The van der Waals surface area contributed by atoms with Crippen LogP contribution in [0.3, 0.4) is 0 Å². The second kappa shape index (κ2) is 4.26. The van der Waals surface area contributed by atoms with E-state index in [9.17, 15) is 0 Å². The van der Waals surface area contributed by atoms with Crippen LogP contribution in [0, 0.1) is 0 Å². The third-order valence-corrected chi connectivity index (χ3v) is 3.72. The molecular formula is C13H18BrN. The third kappa shape index (κ3) is 2.61. The van der Waals surface area contributed by atoms with Crippen LogP contribution < -0.4 is 0 Å². The Morgan fingerprint density at radius 2 is 1.80 bits per heavy atom. The van der Waals surface area contributed by atoms with Crippen LogP contribution in [0.5, 0.6) is 0 Å². The lowest BCUT2D eigenvalue weighted by Gasteiger charge is -2.38. The van der Waals surface area contributed by atoms with Crippen molar-refractivity contribution < 1.29 is 0 Å². The number of rotatable bonds is 3. The van der Waals surface area contributed by atoms with E-state index in [1.54, 1.807) is 0 Å². The molecule has 0 amide bonds. The van der Waals surface area contributed by atoms with Crippen molar-refractivity contribution in [2.75, 3.05) is 19.6 Å². The summed E-state index contributed by atoms with van der Waals surface area (Å²) >= 11 is 3.48. The summed E-state index contributed by atoms with van der Waals surface area (Å²) in [6, 6.07) is 8.72. The number of hydrogen-bond donors (Lipinski definition) is 0. The highest BCUT2D eigenvalue weighted by molar-refractivity contribution is 9.10. The van der Waals surface area contributed by atoms with E-state index in [-0.39, 0.29) is 5.41 Å². The van der Waals surface area contributed by atoms with Crippen molar-refractivity contribution in [3.05, 3.63) is 34.3 Å². The lowest BCUT2D eigenvalue weighted by Crippen LogP contribution is -2.44. The minimum Gasteiger partial charge on any atom is -0.302 e. The summed E-state index contributed by atoms with van der Waals surface area (Å²) in [5.74, 6) is 0. The lowest BCUT2D eigenvalue weighted by molar-refractivity contribution is 0.147. The van der Waals surface area contributed by atoms with Crippen molar-refractivity contribution in [2.24, 2.45) is 0 Å². The first-order valence-corrected chi connectivity index (χ1v) is 6.36. The van der Waals surface area contributed by atoms with Crippen LogP contribution in [-0.4, -0.2) is 24.5 Å². The number of hydrogen-bond acceptors (Lipinski definition) is 1. The molecule has 0 atom stereocenters. The predicted octanol–water partition coefficient (Wildman–Crippen LogP) is 3.43. The number of nitrogens with zero attached hydrogens (tertiary/aromatic N) is 1. The molecule has 0 radical (unpaired) electrons. The van der Waals surface area contributed by atoms with E-state index in [1.165, 1.54) is 31.6 Å². The van der Waals surface area contributed by atoms with Gasteiger partial charge in [0, 0.05) is 16.4 Å². The quantitative estimate of drug-likeness (QED) is 0.811. The molecule has 1 saturated heterocycles. The molecule has 1 aromatic carbocycles. The Labute approximate surface area is 101 Å². The predicted molar refractivity (Wildman–Crippen MR) is 68.2 cm³/mol. The maximum Gasteiger partial charge on any atom is 0.0175 e. The Balaban J connectivity index is 2.09. The molecule has 82 valence electrons. The standard InChI is InChI=1S/C13H18BrN/c1-13(2,10-15-8-3-9-15)11-4-6-12(14)7-5-11/h4-7H,3,8-10H2,1-2H3. The van der Waals surface area contributed by atoms with Crippen molar-refractivity contribution in [1.29, 1.82) is 0 Å². The highest BCUT2D eigenvalue weighted by Crippen LogP contribution is 2.27. The van der Waals surface area contributed by atoms with Gasteiger partial charge in [-0.1, -0.05) is 41.9 Å². The Morgan fingerprint density at radius 1 is 1.20 bits per heavy atom. The molecule has 2 heteroatoms. The average Bonchev–Trinajstić information content (AvgIpc) is 2.13. The first kappa shape index (κ1) is 11.2. The fourth-order valence-electron chi connectivity index (χ4n) is 2.09. The second-order valence-electron chi connectivity index (χ2n) is 5.02. The SMILES string of the molecule is CC(C)(CN1CCC1)c1ccc(Br)cc1. The molecule has 0 spiro atoms. The van der Waals surface area contributed by atoms with Crippen LogP contribution >= 0.6 is 15.9 Å². The van der Waals surface area contributed by atoms with E-state index in [2.05, 4.69) is 58.9 Å². The molecule has 1 fully saturated rings. The maximum atomic E-state index is 3.48. The molecule has 0 bridgehead atoms. The van der Waals surface area contributed by atoms with Gasteiger partial charge >= 0.3 is 0 Å². The molecule has 1 aliphatic heterocycles. The second-order valence-corrected chi connectivity index (χ2v) is 5.94. The highest BCUT2D eigenvalue weighted by atomic mass is 79.9.